The van der Waals surface area contributed by atoms with Crippen molar-refractivity contribution >= 4 is 11.9 Å². The van der Waals surface area contributed by atoms with Gasteiger partial charge in [-0.15, -0.1) is 0 Å². The molecular weight excluding hydrogens is 198 g/mol. The number of morpholine rings is 1. The Morgan fingerprint density at radius 2 is 2.20 bits per heavy atom. The first-order valence-corrected chi connectivity index (χ1v) is 5.27. The Balaban J connectivity index is 2.03. The highest BCUT2D eigenvalue weighted by Crippen LogP contribution is 2.32. The fourth-order valence-corrected chi connectivity index (χ4v) is 2.43. The average Bonchev–Trinajstić information content (AvgIpc) is 2.60. The molecule has 1 heterocycles. The van der Waals surface area contributed by atoms with E-state index in [0.29, 0.717) is 6.61 Å². The number of esters is 1. The number of cyclic esters (lactones) is 1. The van der Waals surface area contributed by atoms with E-state index in [1.807, 2.05) is 0 Å². The highest BCUT2D eigenvalue weighted by atomic mass is 16.5. The fraction of sp³-hybridized carbons (Fsp3) is 0.800. The van der Waals surface area contributed by atoms with Gasteiger partial charge in [0.15, 0.2) is 0 Å². The number of hydrogen-bond acceptors (Lipinski definition) is 4. The Hall–Kier alpha value is -1.10. The van der Waals surface area contributed by atoms with Crippen LogP contribution < -0.4 is 5.32 Å². The molecule has 1 aliphatic heterocycles. The van der Waals surface area contributed by atoms with Crippen molar-refractivity contribution < 1.29 is 19.4 Å². The minimum Gasteiger partial charge on any atom is -0.481 e. The Labute approximate surface area is 87.8 Å². The number of aliphatic carboxylic acids is 1. The van der Waals surface area contributed by atoms with E-state index < -0.39 is 18.0 Å². The standard InChI is InChI=1S/C10H15NO4/c12-8(13)5-7-9(14)15-6-10(11-7)3-1-2-4-10/h7,11H,1-6H2,(H,12,13). The normalized spacial score (nSPS) is 29.1. The number of nitrogens with one attached hydrogen (secondary N) is 1. The second-order valence-electron chi connectivity index (χ2n) is 4.39. The Morgan fingerprint density at radius 1 is 1.53 bits per heavy atom. The van der Waals surface area contributed by atoms with E-state index in [1.165, 1.54) is 0 Å². The van der Waals surface area contributed by atoms with Gasteiger partial charge in [0.05, 0.1) is 12.0 Å². The molecule has 2 rings (SSSR count). The number of carbonyl (C=O) groups excluding carboxylic acids is 1. The molecule has 0 amide bonds. The summed E-state index contributed by atoms with van der Waals surface area (Å²) in [6.45, 7) is 0.391. The van der Waals surface area contributed by atoms with Crippen LogP contribution in [0, 0.1) is 0 Å². The van der Waals surface area contributed by atoms with Crippen LogP contribution in [-0.2, 0) is 14.3 Å². The summed E-state index contributed by atoms with van der Waals surface area (Å²) >= 11 is 0. The molecule has 1 saturated heterocycles. The third kappa shape index (κ3) is 2.12. The van der Waals surface area contributed by atoms with E-state index in [9.17, 15) is 9.59 Å². The molecule has 0 aromatic rings. The van der Waals surface area contributed by atoms with Gasteiger partial charge in [0.1, 0.15) is 12.6 Å². The van der Waals surface area contributed by atoms with Crippen LogP contribution in [0.15, 0.2) is 0 Å². The molecule has 1 atom stereocenters. The molecule has 2 N–H and O–H groups in total. The lowest BCUT2D eigenvalue weighted by molar-refractivity contribution is -0.158. The first-order chi connectivity index (χ1) is 7.11. The van der Waals surface area contributed by atoms with Crippen LogP contribution in [-0.4, -0.2) is 35.2 Å². The van der Waals surface area contributed by atoms with Gasteiger partial charge < -0.3 is 9.84 Å². The van der Waals surface area contributed by atoms with E-state index in [2.05, 4.69) is 5.32 Å². The molecule has 0 bridgehead atoms. The van der Waals surface area contributed by atoms with Crippen LogP contribution in [0.4, 0.5) is 0 Å². The minimum absolute atomic E-state index is 0.145. The first kappa shape index (κ1) is 10.4. The summed E-state index contributed by atoms with van der Waals surface area (Å²) in [7, 11) is 0. The summed E-state index contributed by atoms with van der Waals surface area (Å²) in [6, 6.07) is -0.672. The van der Waals surface area contributed by atoms with Crippen molar-refractivity contribution in [2.75, 3.05) is 6.61 Å². The molecule has 1 unspecified atom stereocenters. The maximum atomic E-state index is 11.3. The summed E-state index contributed by atoms with van der Waals surface area (Å²) in [4.78, 5) is 21.9. The van der Waals surface area contributed by atoms with Gasteiger partial charge in [-0.05, 0) is 12.8 Å². The quantitative estimate of drug-likeness (QED) is 0.645. The monoisotopic (exact) mass is 213 g/mol. The lowest BCUT2D eigenvalue weighted by Gasteiger charge is -2.37. The van der Waals surface area contributed by atoms with E-state index in [0.717, 1.165) is 25.7 Å². The van der Waals surface area contributed by atoms with Crippen LogP contribution >= 0.6 is 0 Å². The summed E-state index contributed by atoms with van der Waals surface area (Å²) in [5, 5.41) is 11.8. The molecule has 1 spiro atoms. The molecule has 5 nitrogen and oxygen atoms in total. The maximum absolute atomic E-state index is 11.3. The molecule has 0 aromatic heterocycles. The van der Waals surface area contributed by atoms with Crippen molar-refractivity contribution in [3.63, 3.8) is 0 Å². The van der Waals surface area contributed by atoms with E-state index in [4.69, 9.17) is 9.84 Å². The third-order valence-corrected chi connectivity index (χ3v) is 3.20. The van der Waals surface area contributed by atoms with Gasteiger partial charge >= 0.3 is 11.9 Å². The largest absolute Gasteiger partial charge is 0.481 e. The molecule has 2 fully saturated rings. The molecule has 2 aliphatic rings. The number of rotatable bonds is 2. The van der Waals surface area contributed by atoms with Crippen molar-refractivity contribution in [2.24, 2.45) is 0 Å². The average molecular weight is 213 g/mol. The molecule has 84 valence electrons. The zero-order chi connectivity index (χ0) is 10.9. The molecule has 5 heteroatoms. The van der Waals surface area contributed by atoms with Gasteiger partial charge in [0.2, 0.25) is 0 Å². The summed E-state index contributed by atoms with van der Waals surface area (Å²) in [5.74, 6) is -1.41. The molecular formula is C10H15NO4. The predicted molar refractivity (Wildman–Crippen MR) is 51.3 cm³/mol. The second kappa shape index (κ2) is 3.81. The number of carboxylic acids is 1. The zero-order valence-corrected chi connectivity index (χ0v) is 8.49. The van der Waals surface area contributed by atoms with E-state index >= 15 is 0 Å². The lowest BCUT2D eigenvalue weighted by atomic mass is 9.95. The summed E-state index contributed by atoms with van der Waals surface area (Å²) < 4.78 is 5.06. The van der Waals surface area contributed by atoms with Crippen molar-refractivity contribution in [3.8, 4) is 0 Å². The van der Waals surface area contributed by atoms with Crippen LogP contribution in [0.2, 0.25) is 0 Å². The molecule has 1 aliphatic carbocycles. The van der Waals surface area contributed by atoms with Gasteiger partial charge in [-0.2, -0.15) is 0 Å². The topological polar surface area (TPSA) is 75.6 Å². The highest BCUT2D eigenvalue weighted by molar-refractivity contribution is 5.82. The van der Waals surface area contributed by atoms with Gasteiger partial charge in [0, 0.05) is 0 Å². The SMILES string of the molecule is O=C(O)CC1NC2(CCCC2)COC1=O. The Morgan fingerprint density at radius 3 is 2.80 bits per heavy atom. The van der Waals surface area contributed by atoms with Crippen molar-refractivity contribution in [2.45, 2.75) is 43.7 Å². The molecule has 0 aromatic carbocycles. The van der Waals surface area contributed by atoms with Crippen LogP contribution in [0.25, 0.3) is 0 Å². The van der Waals surface area contributed by atoms with Gasteiger partial charge in [-0.25, -0.2) is 0 Å². The fourth-order valence-electron chi connectivity index (χ4n) is 2.43. The molecule has 1 saturated carbocycles. The van der Waals surface area contributed by atoms with E-state index in [1.54, 1.807) is 0 Å². The number of ether oxygens (including phenoxy) is 1. The number of carbonyl (C=O) groups is 2. The maximum Gasteiger partial charge on any atom is 0.323 e. The van der Waals surface area contributed by atoms with Crippen molar-refractivity contribution in [1.29, 1.82) is 0 Å². The van der Waals surface area contributed by atoms with Gasteiger partial charge in [-0.3, -0.25) is 14.9 Å². The first-order valence-electron chi connectivity index (χ1n) is 5.27. The Bertz CT molecular complexity index is 283. The predicted octanol–water partition coefficient (Wildman–Crippen LogP) is 0.289. The molecule has 15 heavy (non-hydrogen) atoms. The van der Waals surface area contributed by atoms with E-state index in [-0.39, 0.29) is 12.0 Å². The third-order valence-electron chi connectivity index (χ3n) is 3.20. The smallest absolute Gasteiger partial charge is 0.323 e. The number of hydrogen-bond donors (Lipinski definition) is 2. The highest BCUT2D eigenvalue weighted by Gasteiger charge is 2.43. The van der Waals surface area contributed by atoms with Crippen molar-refractivity contribution in [1.82, 2.24) is 5.32 Å². The van der Waals surface area contributed by atoms with Crippen LogP contribution in [0.3, 0.4) is 0 Å². The zero-order valence-electron chi connectivity index (χ0n) is 8.49. The molecule has 0 radical (unpaired) electrons. The summed E-state index contributed by atoms with van der Waals surface area (Å²) in [5.41, 5.74) is -0.145. The number of carboxylic acid groups (broad SMARTS) is 1. The van der Waals surface area contributed by atoms with Crippen molar-refractivity contribution in [3.05, 3.63) is 0 Å². The van der Waals surface area contributed by atoms with Gasteiger partial charge in [-0.1, -0.05) is 12.8 Å². The summed E-state index contributed by atoms with van der Waals surface area (Å²) in [6.07, 6.45) is 3.97. The van der Waals surface area contributed by atoms with Gasteiger partial charge in [0.25, 0.3) is 0 Å². The lowest BCUT2D eigenvalue weighted by Crippen LogP contribution is -2.60. The van der Waals surface area contributed by atoms with Crippen LogP contribution in [0.1, 0.15) is 32.1 Å². The second-order valence-corrected chi connectivity index (χ2v) is 4.39. The minimum atomic E-state index is -0.973. The van der Waals surface area contributed by atoms with Crippen LogP contribution in [0.5, 0.6) is 0 Å². The Kier molecular flexibility index (Phi) is 2.65.